The lowest BCUT2D eigenvalue weighted by atomic mass is 9.97. The highest BCUT2D eigenvalue weighted by atomic mass is 19.2. The molecule has 0 saturated heterocycles. The second kappa shape index (κ2) is 7.96. The SMILES string of the molecule is Cc1cc2c(cn1)cc(-c1cc(C(=O)Nc3cc(F)c(F)c(F)c3)ccc1C)c(=O)n2C. The first-order valence-corrected chi connectivity index (χ1v) is 9.69. The van der Waals surface area contributed by atoms with Crippen LogP contribution in [0.15, 0.2) is 53.5 Å². The predicted molar refractivity (Wildman–Crippen MR) is 116 cm³/mol. The average molecular weight is 437 g/mol. The van der Waals surface area contributed by atoms with Crippen molar-refractivity contribution in [2.45, 2.75) is 13.8 Å². The lowest BCUT2D eigenvalue weighted by Crippen LogP contribution is -2.20. The summed E-state index contributed by atoms with van der Waals surface area (Å²) in [5.41, 5.74) is 2.90. The zero-order valence-electron chi connectivity index (χ0n) is 17.5. The largest absolute Gasteiger partial charge is 0.322 e. The zero-order chi connectivity index (χ0) is 23.2. The van der Waals surface area contributed by atoms with Gasteiger partial charge < -0.3 is 9.88 Å². The molecule has 0 atom stereocenters. The molecule has 8 heteroatoms. The van der Waals surface area contributed by atoms with E-state index >= 15 is 0 Å². The molecule has 1 N–H and O–H groups in total. The molecule has 0 bridgehead atoms. The minimum atomic E-state index is -1.61. The van der Waals surface area contributed by atoms with E-state index in [4.69, 9.17) is 0 Å². The van der Waals surface area contributed by atoms with Gasteiger partial charge in [0.1, 0.15) is 0 Å². The number of benzene rings is 2. The molecule has 2 heterocycles. The highest BCUT2D eigenvalue weighted by Gasteiger charge is 2.16. The number of hydrogen-bond acceptors (Lipinski definition) is 3. The summed E-state index contributed by atoms with van der Waals surface area (Å²) in [6, 6.07) is 9.66. The molecule has 5 nitrogen and oxygen atoms in total. The second-order valence-electron chi connectivity index (χ2n) is 7.54. The second-order valence-corrected chi connectivity index (χ2v) is 7.54. The molecule has 0 aliphatic carbocycles. The molecule has 2 aromatic heterocycles. The van der Waals surface area contributed by atoms with E-state index in [0.29, 0.717) is 23.3 Å². The van der Waals surface area contributed by atoms with Gasteiger partial charge in [-0.1, -0.05) is 6.07 Å². The highest BCUT2D eigenvalue weighted by Crippen LogP contribution is 2.26. The van der Waals surface area contributed by atoms with E-state index < -0.39 is 23.4 Å². The Hall–Kier alpha value is -3.94. The van der Waals surface area contributed by atoms with Gasteiger partial charge in [0.15, 0.2) is 17.5 Å². The van der Waals surface area contributed by atoms with Crippen LogP contribution < -0.4 is 10.9 Å². The van der Waals surface area contributed by atoms with Crippen molar-refractivity contribution >= 4 is 22.5 Å². The molecule has 2 aromatic carbocycles. The van der Waals surface area contributed by atoms with E-state index in [9.17, 15) is 22.8 Å². The molecule has 0 unspecified atom stereocenters. The van der Waals surface area contributed by atoms with Crippen LogP contribution in [0.4, 0.5) is 18.9 Å². The fourth-order valence-electron chi connectivity index (χ4n) is 3.54. The van der Waals surface area contributed by atoms with Gasteiger partial charge in [-0.25, -0.2) is 13.2 Å². The van der Waals surface area contributed by atoms with Crippen LogP contribution in [0.3, 0.4) is 0 Å². The minimum absolute atomic E-state index is 0.167. The standard InChI is InChI=1S/C24H18F3N3O2/c1-12-4-5-14(23(31)29-16-9-19(25)22(27)20(26)10-16)7-17(12)18-8-15-11-28-13(2)6-21(15)30(3)24(18)32/h4-11H,1-3H3,(H,29,31). The Bertz CT molecular complexity index is 1440. The van der Waals surface area contributed by atoms with Gasteiger partial charge in [0.2, 0.25) is 0 Å². The number of amides is 1. The van der Waals surface area contributed by atoms with Crippen molar-refractivity contribution in [3.63, 3.8) is 0 Å². The number of anilines is 1. The maximum Gasteiger partial charge on any atom is 0.258 e. The van der Waals surface area contributed by atoms with Crippen LogP contribution in [0.5, 0.6) is 0 Å². The molecule has 1 amide bonds. The molecular weight excluding hydrogens is 419 g/mol. The van der Waals surface area contributed by atoms with E-state index in [1.54, 1.807) is 32.3 Å². The van der Waals surface area contributed by atoms with Crippen molar-refractivity contribution in [2.24, 2.45) is 7.05 Å². The first-order chi connectivity index (χ1) is 15.2. The number of aromatic nitrogens is 2. The fraction of sp³-hybridized carbons (Fsp3) is 0.125. The number of aryl methyl sites for hydroxylation is 3. The number of hydrogen-bond donors (Lipinski definition) is 1. The van der Waals surface area contributed by atoms with E-state index in [0.717, 1.165) is 22.2 Å². The number of pyridine rings is 2. The van der Waals surface area contributed by atoms with Crippen LogP contribution in [-0.4, -0.2) is 15.5 Å². The van der Waals surface area contributed by atoms with Gasteiger partial charge in [0.25, 0.3) is 11.5 Å². The summed E-state index contributed by atoms with van der Waals surface area (Å²) in [7, 11) is 1.66. The van der Waals surface area contributed by atoms with Crippen LogP contribution in [-0.2, 0) is 7.05 Å². The van der Waals surface area contributed by atoms with Gasteiger partial charge in [-0.15, -0.1) is 0 Å². The Kier molecular flexibility index (Phi) is 5.30. The van der Waals surface area contributed by atoms with Crippen LogP contribution >= 0.6 is 0 Å². The molecule has 162 valence electrons. The molecule has 0 spiro atoms. The monoisotopic (exact) mass is 437 g/mol. The zero-order valence-corrected chi connectivity index (χ0v) is 17.5. The number of carbonyl (C=O) groups is 1. The quantitative estimate of drug-likeness (QED) is 0.465. The third kappa shape index (κ3) is 3.75. The normalized spacial score (nSPS) is 11.1. The number of nitrogens with zero attached hydrogens (tertiary/aromatic N) is 2. The fourth-order valence-corrected chi connectivity index (χ4v) is 3.54. The molecule has 0 fully saturated rings. The third-order valence-corrected chi connectivity index (χ3v) is 5.28. The molecular formula is C24H18F3N3O2. The summed E-state index contributed by atoms with van der Waals surface area (Å²) >= 11 is 0. The summed E-state index contributed by atoms with van der Waals surface area (Å²) in [6.45, 7) is 3.64. The van der Waals surface area contributed by atoms with Crippen molar-refractivity contribution in [2.75, 3.05) is 5.32 Å². The van der Waals surface area contributed by atoms with Crippen molar-refractivity contribution in [1.29, 1.82) is 0 Å². The average Bonchev–Trinajstić information content (AvgIpc) is 2.75. The van der Waals surface area contributed by atoms with Crippen LogP contribution in [0, 0.1) is 31.3 Å². The van der Waals surface area contributed by atoms with E-state index in [1.165, 1.54) is 16.7 Å². The molecule has 0 aliphatic rings. The van der Waals surface area contributed by atoms with Crippen LogP contribution in [0.25, 0.3) is 22.0 Å². The molecule has 32 heavy (non-hydrogen) atoms. The van der Waals surface area contributed by atoms with Crippen molar-refractivity contribution in [3.8, 4) is 11.1 Å². The number of halogens is 3. The Morgan fingerprint density at radius 2 is 1.66 bits per heavy atom. The lowest BCUT2D eigenvalue weighted by molar-refractivity contribution is 0.102. The summed E-state index contributed by atoms with van der Waals surface area (Å²) < 4.78 is 41.6. The highest BCUT2D eigenvalue weighted by molar-refractivity contribution is 6.05. The number of fused-ring (bicyclic) bond motifs is 1. The minimum Gasteiger partial charge on any atom is -0.322 e. The van der Waals surface area contributed by atoms with Gasteiger partial charge in [-0.3, -0.25) is 14.6 Å². The van der Waals surface area contributed by atoms with Gasteiger partial charge >= 0.3 is 0 Å². The van der Waals surface area contributed by atoms with Gasteiger partial charge in [-0.2, -0.15) is 0 Å². The third-order valence-electron chi connectivity index (χ3n) is 5.28. The van der Waals surface area contributed by atoms with Crippen LogP contribution in [0.1, 0.15) is 21.6 Å². The molecule has 4 rings (SSSR count). The lowest BCUT2D eigenvalue weighted by Gasteiger charge is -2.13. The molecule has 0 aliphatic heterocycles. The smallest absolute Gasteiger partial charge is 0.258 e. The molecule has 4 aromatic rings. The van der Waals surface area contributed by atoms with Gasteiger partial charge in [0.05, 0.1) is 5.52 Å². The summed E-state index contributed by atoms with van der Waals surface area (Å²) in [5, 5.41) is 3.11. The number of nitrogens with one attached hydrogen (secondary N) is 1. The Balaban J connectivity index is 1.77. The first-order valence-electron chi connectivity index (χ1n) is 9.69. The summed E-state index contributed by atoms with van der Waals surface area (Å²) in [4.78, 5) is 30.0. The first kappa shape index (κ1) is 21.3. The van der Waals surface area contributed by atoms with Crippen molar-refractivity contribution in [1.82, 2.24) is 9.55 Å². The Morgan fingerprint density at radius 3 is 2.34 bits per heavy atom. The summed E-state index contributed by atoms with van der Waals surface area (Å²) in [5.74, 6) is -5.09. The topological polar surface area (TPSA) is 64.0 Å². The Morgan fingerprint density at radius 1 is 0.969 bits per heavy atom. The summed E-state index contributed by atoms with van der Waals surface area (Å²) in [6.07, 6.45) is 1.68. The van der Waals surface area contributed by atoms with Gasteiger partial charge in [0, 0.05) is 53.3 Å². The van der Waals surface area contributed by atoms with Crippen molar-refractivity contribution in [3.05, 3.63) is 93.3 Å². The maximum atomic E-state index is 13.5. The maximum absolute atomic E-state index is 13.5. The Labute approximate surface area is 181 Å². The van der Waals surface area contributed by atoms with Crippen molar-refractivity contribution < 1.29 is 18.0 Å². The number of rotatable bonds is 3. The van der Waals surface area contributed by atoms with E-state index in [1.807, 2.05) is 13.0 Å². The van der Waals surface area contributed by atoms with E-state index in [2.05, 4.69) is 10.3 Å². The molecule has 0 radical (unpaired) electrons. The predicted octanol–water partition coefficient (Wildman–Crippen LogP) is 4.89. The van der Waals surface area contributed by atoms with Gasteiger partial charge in [-0.05, 0) is 49.2 Å². The van der Waals surface area contributed by atoms with E-state index in [-0.39, 0.29) is 16.8 Å². The van der Waals surface area contributed by atoms with Crippen LogP contribution in [0.2, 0.25) is 0 Å². The molecule has 0 saturated carbocycles. The number of carbonyl (C=O) groups excluding carboxylic acids is 1.